The lowest BCUT2D eigenvalue weighted by atomic mass is 9.80. The molecule has 1 aromatic rings. The maximum atomic E-state index is 14.6. The fraction of sp³-hybridized carbons (Fsp3) is 0.769. The fourth-order valence-corrected chi connectivity index (χ4v) is 8.68. The number of hydrogen-bond donors (Lipinski definition) is 0. The molecule has 0 unspecified atom stereocenters. The molecular formula is C26H43O2P. The molecule has 1 aromatic carbocycles. The predicted molar refractivity (Wildman–Crippen MR) is 126 cm³/mol. The zero-order valence-corrected chi connectivity index (χ0v) is 20.6. The molecule has 0 amide bonds. The van der Waals surface area contributed by atoms with Crippen molar-refractivity contribution in [2.45, 2.75) is 128 Å². The Balaban J connectivity index is 2.01. The smallest absolute Gasteiger partial charge is 0.253 e. The Kier molecular flexibility index (Phi) is 6.94. The number of rotatable bonds is 4. The van der Waals surface area contributed by atoms with Crippen LogP contribution in [0.15, 0.2) is 18.2 Å². The van der Waals surface area contributed by atoms with Crippen molar-refractivity contribution >= 4 is 7.37 Å². The van der Waals surface area contributed by atoms with E-state index in [2.05, 4.69) is 59.7 Å². The Bertz CT molecular complexity index is 704. The number of hydrogen-bond acceptors (Lipinski definition) is 2. The second-order valence-electron chi connectivity index (χ2n) is 11.5. The van der Waals surface area contributed by atoms with Crippen LogP contribution < -0.4 is 4.52 Å². The molecule has 0 spiro atoms. The van der Waals surface area contributed by atoms with Crippen LogP contribution in [0.4, 0.5) is 0 Å². The van der Waals surface area contributed by atoms with Gasteiger partial charge in [-0.05, 0) is 48.1 Å². The summed E-state index contributed by atoms with van der Waals surface area (Å²) < 4.78 is 21.4. The first-order chi connectivity index (χ1) is 13.5. The highest BCUT2D eigenvalue weighted by atomic mass is 31.2. The maximum Gasteiger partial charge on any atom is 0.253 e. The van der Waals surface area contributed by atoms with Crippen LogP contribution >= 0.6 is 7.37 Å². The first-order valence-corrected chi connectivity index (χ1v) is 13.7. The molecule has 2 aliphatic carbocycles. The van der Waals surface area contributed by atoms with Gasteiger partial charge in [0.15, 0.2) is 0 Å². The quantitative estimate of drug-likeness (QED) is 0.457. The first-order valence-electron chi connectivity index (χ1n) is 12.0. The lowest BCUT2D eigenvalue weighted by Gasteiger charge is -2.38. The number of benzene rings is 1. The van der Waals surface area contributed by atoms with Crippen molar-refractivity contribution < 1.29 is 9.09 Å². The van der Waals surface area contributed by atoms with Crippen LogP contribution in [-0.4, -0.2) is 11.3 Å². The largest absolute Gasteiger partial charge is 0.442 e. The van der Waals surface area contributed by atoms with E-state index in [0.717, 1.165) is 31.4 Å². The van der Waals surface area contributed by atoms with E-state index in [0.29, 0.717) is 0 Å². The van der Waals surface area contributed by atoms with Crippen LogP contribution in [0.2, 0.25) is 0 Å². The van der Waals surface area contributed by atoms with Crippen molar-refractivity contribution in [2.24, 2.45) is 0 Å². The fourth-order valence-electron chi connectivity index (χ4n) is 5.14. The van der Waals surface area contributed by atoms with E-state index in [1.54, 1.807) is 0 Å². The second kappa shape index (κ2) is 8.78. The zero-order chi connectivity index (χ0) is 21.3. The molecule has 0 saturated heterocycles. The molecule has 3 rings (SSSR count). The van der Waals surface area contributed by atoms with Crippen molar-refractivity contribution in [3.63, 3.8) is 0 Å². The summed E-state index contributed by atoms with van der Waals surface area (Å²) in [5.41, 5.74) is 3.09. The summed E-state index contributed by atoms with van der Waals surface area (Å²) in [5.74, 6) is 0.880. The third-order valence-corrected chi connectivity index (χ3v) is 10.6. The molecule has 0 heterocycles. The predicted octanol–water partition coefficient (Wildman–Crippen LogP) is 8.60. The summed E-state index contributed by atoms with van der Waals surface area (Å²) in [5, 5.41) is 0. The average Bonchev–Trinajstić information content (AvgIpc) is 2.68. The van der Waals surface area contributed by atoms with E-state index in [9.17, 15) is 4.57 Å². The molecule has 0 aromatic heterocycles. The molecule has 3 heteroatoms. The highest BCUT2D eigenvalue weighted by molar-refractivity contribution is 7.60. The van der Waals surface area contributed by atoms with Gasteiger partial charge in [-0.2, -0.15) is 0 Å². The van der Waals surface area contributed by atoms with Gasteiger partial charge in [0.2, 0.25) is 0 Å². The van der Waals surface area contributed by atoms with Gasteiger partial charge in [0, 0.05) is 16.9 Å². The molecule has 2 aliphatic rings. The normalized spacial score (nSPS) is 20.6. The summed E-state index contributed by atoms with van der Waals surface area (Å²) in [7, 11) is -2.74. The van der Waals surface area contributed by atoms with Crippen molar-refractivity contribution in [1.82, 2.24) is 0 Å². The Morgan fingerprint density at radius 3 is 1.66 bits per heavy atom. The van der Waals surface area contributed by atoms with Crippen LogP contribution in [0.3, 0.4) is 0 Å². The zero-order valence-electron chi connectivity index (χ0n) is 19.7. The van der Waals surface area contributed by atoms with Gasteiger partial charge in [-0.15, -0.1) is 0 Å². The molecule has 164 valence electrons. The Morgan fingerprint density at radius 2 is 1.24 bits per heavy atom. The summed E-state index contributed by atoms with van der Waals surface area (Å²) >= 11 is 0. The molecule has 0 bridgehead atoms. The van der Waals surface area contributed by atoms with Gasteiger partial charge in [0.1, 0.15) is 5.75 Å². The van der Waals surface area contributed by atoms with Crippen LogP contribution in [0.5, 0.6) is 5.75 Å². The van der Waals surface area contributed by atoms with E-state index in [1.807, 2.05) is 0 Å². The highest BCUT2D eigenvalue weighted by Gasteiger charge is 2.44. The topological polar surface area (TPSA) is 26.3 Å². The first kappa shape index (κ1) is 22.9. The standard InChI is InChI=1S/C26H43O2P/c1-25(2,3)20-17-18-24(23(19-20)26(4,5)6)28-29(27,21-13-9-7-10-14-21)22-15-11-8-12-16-22/h17-19,21-22H,7-16H2,1-6H3. The van der Waals surface area contributed by atoms with E-state index in [4.69, 9.17) is 4.52 Å². The minimum absolute atomic E-state index is 0.0411. The van der Waals surface area contributed by atoms with Crippen molar-refractivity contribution in [1.29, 1.82) is 0 Å². The van der Waals surface area contributed by atoms with Crippen LogP contribution in [0.25, 0.3) is 0 Å². The van der Waals surface area contributed by atoms with Gasteiger partial charge in [-0.1, -0.05) is 92.2 Å². The Hall–Kier alpha value is -0.750. The summed E-state index contributed by atoms with van der Waals surface area (Å²) in [6.45, 7) is 13.5. The lowest BCUT2D eigenvalue weighted by Crippen LogP contribution is -2.27. The second-order valence-corrected chi connectivity index (χ2v) is 14.5. The van der Waals surface area contributed by atoms with Gasteiger partial charge in [0.05, 0.1) is 0 Å². The molecule has 0 N–H and O–H groups in total. The molecule has 0 atom stereocenters. The highest BCUT2D eigenvalue weighted by Crippen LogP contribution is 2.63. The Labute approximate surface area is 179 Å². The molecule has 0 radical (unpaired) electrons. The van der Waals surface area contributed by atoms with Crippen molar-refractivity contribution in [3.8, 4) is 5.75 Å². The molecule has 2 nitrogen and oxygen atoms in total. The monoisotopic (exact) mass is 418 g/mol. The molecule has 0 aliphatic heterocycles. The summed E-state index contributed by atoms with van der Waals surface area (Å²) in [6.07, 6.45) is 11.7. The van der Waals surface area contributed by atoms with E-state index in [-0.39, 0.29) is 22.1 Å². The van der Waals surface area contributed by atoms with Crippen LogP contribution in [0, 0.1) is 0 Å². The minimum Gasteiger partial charge on any atom is -0.442 e. The van der Waals surface area contributed by atoms with Gasteiger partial charge >= 0.3 is 0 Å². The van der Waals surface area contributed by atoms with E-state index >= 15 is 0 Å². The van der Waals surface area contributed by atoms with Gasteiger partial charge in [0.25, 0.3) is 7.37 Å². The summed E-state index contributed by atoms with van der Waals surface area (Å²) in [6, 6.07) is 6.62. The average molecular weight is 419 g/mol. The van der Waals surface area contributed by atoms with Gasteiger partial charge in [-0.25, -0.2) is 0 Å². The van der Waals surface area contributed by atoms with Crippen molar-refractivity contribution in [2.75, 3.05) is 0 Å². The van der Waals surface area contributed by atoms with Crippen LogP contribution in [0.1, 0.15) is 117 Å². The molecule has 29 heavy (non-hydrogen) atoms. The van der Waals surface area contributed by atoms with Crippen molar-refractivity contribution in [3.05, 3.63) is 29.3 Å². The minimum atomic E-state index is -2.74. The third-order valence-electron chi connectivity index (χ3n) is 7.06. The maximum absolute atomic E-state index is 14.6. The van der Waals surface area contributed by atoms with E-state index < -0.39 is 7.37 Å². The van der Waals surface area contributed by atoms with Gasteiger partial charge < -0.3 is 4.52 Å². The van der Waals surface area contributed by atoms with Crippen LogP contribution in [-0.2, 0) is 15.4 Å². The molecular weight excluding hydrogens is 375 g/mol. The Morgan fingerprint density at radius 1 is 0.759 bits per heavy atom. The van der Waals surface area contributed by atoms with Gasteiger partial charge in [-0.3, -0.25) is 4.57 Å². The molecule has 2 saturated carbocycles. The van der Waals surface area contributed by atoms with E-state index in [1.165, 1.54) is 49.7 Å². The summed E-state index contributed by atoms with van der Waals surface area (Å²) in [4.78, 5) is 0. The molecule has 2 fully saturated rings. The third kappa shape index (κ3) is 5.30. The SMILES string of the molecule is CC(C)(C)c1ccc(OP(=O)(C2CCCCC2)C2CCCCC2)c(C(C)(C)C)c1. The lowest BCUT2D eigenvalue weighted by molar-refractivity contribution is 0.386.